The van der Waals surface area contributed by atoms with Crippen LogP contribution in [0.25, 0.3) is 0 Å². The minimum absolute atomic E-state index is 0.144. The molecule has 0 aromatic heterocycles. The normalized spacial score (nSPS) is 8.62. The first kappa shape index (κ1) is 14.1. The number of amides is 1. The van der Waals surface area contributed by atoms with Crippen LogP contribution >= 0.6 is 0 Å². The van der Waals surface area contributed by atoms with Crippen molar-refractivity contribution in [2.45, 2.75) is 6.54 Å². The van der Waals surface area contributed by atoms with Gasteiger partial charge in [0.25, 0.3) is 0 Å². The van der Waals surface area contributed by atoms with E-state index in [1.165, 1.54) is 23.1 Å². The highest BCUT2D eigenvalue weighted by Crippen LogP contribution is 2.05. The number of carbonyl (C=O) groups excluding carboxylic acids is 1. The molecule has 2 nitrogen and oxygen atoms in total. The third kappa shape index (κ3) is 4.55. The van der Waals surface area contributed by atoms with Crippen LogP contribution in [-0.2, 0) is 11.3 Å². The Kier molecular flexibility index (Phi) is 6.52. The van der Waals surface area contributed by atoms with E-state index in [4.69, 9.17) is 0 Å². The molecule has 86 valence electrons. The maximum Gasteiger partial charge on any atom is 0.245 e. The van der Waals surface area contributed by atoms with E-state index >= 15 is 0 Å². The lowest BCUT2D eigenvalue weighted by atomic mass is 10.2. The van der Waals surface area contributed by atoms with Crippen molar-refractivity contribution in [2.24, 2.45) is 0 Å². The van der Waals surface area contributed by atoms with E-state index in [9.17, 15) is 9.18 Å². The summed E-state index contributed by atoms with van der Waals surface area (Å²) >= 11 is 0. The Morgan fingerprint density at radius 2 is 1.88 bits per heavy atom. The van der Waals surface area contributed by atoms with Crippen LogP contribution in [-0.4, -0.2) is 17.9 Å². The third-order valence-electron chi connectivity index (χ3n) is 1.88. The molecule has 0 bridgehead atoms. The van der Waals surface area contributed by atoms with Crippen molar-refractivity contribution in [3.8, 4) is 0 Å². The van der Waals surface area contributed by atoms with Crippen molar-refractivity contribution in [3.63, 3.8) is 0 Å². The molecule has 1 aromatic rings. The van der Waals surface area contributed by atoms with Crippen molar-refractivity contribution in [1.29, 1.82) is 0 Å². The van der Waals surface area contributed by atoms with Crippen molar-refractivity contribution in [2.75, 3.05) is 7.05 Å². The Hall–Kier alpha value is -1.90. The molecule has 3 heteroatoms. The molecule has 0 aliphatic rings. The molecule has 0 saturated carbocycles. The first-order chi connectivity index (χ1) is 7.63. The van der Waals surface area contributed by atoms with E-state index in [1.807, 2.05) is 0 Å². The number of hydrogen-bond acceptors (Lipinski definition) is 1. The van der Waals surface area contributed by atoms with Gasteiger partial charge in [0, 0.05) is 13.6 Å². The maximum atomic E-state index is 12.6. The summed E-state index contributed by atoms with van der Waals surface area (Å²) in [4.78, 5) is 12.6. The van der Waals surface area contributed by atoms with E-state index < -0.39 is 0 Å². The minimum atomic E-state index is -0.272. The lowest BCUT2D eigenvalue weighted by molar-refractivity contribution is -0.125. The van der Waals surface area contributed by atoms with Crippen LogP contribution in [0.2, 0.25) is 0 Å². The van der Waals surface area contributed by atoms with Crippen molar-refractivity contribution in [3.05, 3.63) is 61.5 Å². The molecule has 1 rings (SSSR count). The number of nitrogens with zero attached hydrogens (tertiary/aromatic N) is 1. The Labute approximate surface area is 95.7 Å². The molecule has 0 saturated heterocycles. The van der Waals surface area contributed by atoms with Gasteiger partial charge in [-0.1, -0.05) is 18.7 Å². The largest absolute Gasteiger partial charge is 0.338 e. The monoisotopic (exact) mass is 221 g/mol. The highest BCUT2D eigenvalue weighted by atomic mass is 19.1. The zero-order valence-electron chi connectivity index (χ0n) is 9.45. The predicted molar refractivity (Wildman–Crippen MR) is 64.3 cm³/mol. The fourth-order valence-corrected chi connectivity index (χ4v) is 1.10. The molecular weight excluding hydrogens is 205 g/mol. The summed E-state index contributed by atoms with van der Waals surface area (Å²) in [6.07, 6.45) is 1.25. The van der Waals surface area contributed by atoms with E-state index in [0.29, 0.717) is 6.54 Å². The van der Waals surface area contributed by atoms with E-state index in [-0.39, 0.29) is 11.7 Å². The minimum Gasteiger partial charge on any atom is -0.338 e. The second-order valence-corrected chi connectivity index (χ2v) is 3.02. The second-order valence-electron chi connectivity index (χ2n) is 3.02. The highest BCUT2D eigenvalue weighted by Gasteiger charge is 2.04. The lowest BCUT2D eigenvalue weighted by Crippen LogP contribution is -2.23. The molecule has 0 unspecified atom stereocenters. The Bertz CT molecular complexity index is 345. The summed E-state index contributed by atoms with van der Waals surface area (Å²) in [5, 5.41) is 0. The van der Waals surface area contributed by atoms with Crippen LogP contribution in [0.5, 0.6) is 0 Å². The summed E-state index contributed by atoms with van der Waals surface area (Å²) in [6.45, 7) is 9.85. The molecule has 0 heterocycles. The number of halogens is 1. The summed E-state index contributed by atoms with van der Waals surface area (Å²) in [7, 11) is 1.67. The predicted octanol–water partition coefficient (Wildman–Crippen LogP) is 2.77. The molecule has 0 aliphatic heterocycles. The number of carbonyl (C=O) groups is 1. The Balaban J connectivity index is 0.00000106. The third-order valence-corrected chi connectivity index (χ3v) is 1.88. The van der Waals surface area contributed by atoms with Gasteiger partial charge in [0.15, 0.2) is 0 Å². The second kappa shape index (κ2) is 7.40. The van der Waals surface area contributed by atoms with Crippen LogP contribution in [0.15, 0.2) is 50.1 Å². The quantitative estimate of drug-likeness (QED) is 0.567. The van der Waals surface area contributed by atoms with E-state index in [1.54, 1.807) is 19.2 Å². The van der Waals surface area contributed by atoms with Gasteiger partial charge in [0.05, 0.1) is 0 Å². The first-order valence-electron chi connectivity index (χ1n) is 4.75. The summed E-state index contributed by atoms with van der Waals surface area (Å²) in [5.74, 6) is -0.416. The molecule has 1 amide bonds. The number of benzene rings is 1. The molecule has 0 spiro atoms. The van der Waals surface area contributed by atoms with Gasteiger partial charge in [-0.15, -0.1) is 13.2 Å². The Morgan fingerprint density at radius 1 is 1.38 bits per heavy atom. The highest BCUT2D eigenvalue weighted by molar-refractivity contribution is 5.86. The molecule has 0 N–H and O–H groups in total. The fraction of sp³-hybridized carbons (Fsp3) is 0.154. The van der Waals surface area contributed by atoms with Gasteiger partial charge in [-0.2, -0.15) is 0 Å². The van der Waals surface area contributed by atoms with Gasteiger partial charge in [-0.25, -0.2) is 4.39 Å². The van der Waals surface area contributed by atoms with Crippen LogP contribution in [0.1, 0.15) is 5.56 Å². The average Bonchev–Trinajstić information content (AvgIpc) is 2.33. The topological polar surface area (TPSA) is 20.3 Å². The number of hydrogen-bond donors (Lipinski definition) is 0. The van der Waals surface area contributed by atoms with Gasteiger partial charge in [0.2, 0.25) is 5.91 Å². The van der Waals surface area contributed by atoms with Crippen molar-refractivity contribution >= 4 is 5.91 Å². The van der Waals surface area contributed by atoms with Gasteiger partial charge in [0.1, 0.15) is 5.82 Å². The zero-order chi connectivity index (χ0) is 12.6. The van der Waals surface area contributed by atoms with Crippen LogP contribution in [0.4, 0.5) is 4.39 Å². The van der Waals surface area contributed by atoms with Crippen LogP contribution in [0.3, 0.4) is 0 Å². The van der Waals surface area contributed by atoms with E-state index in [0.717, 1.165) is 5.56 Å². The number of likely N-dealkylation sites (N-methyl/N-ethyl adjacent to an activating group) is 1. The SMILES string of the molecule is C=C.C=CC(=O)N(C)Cc1ccc(F)cc1. The van der Waals surface area contributed by atoms with Crippen molar-refractivity contribution in [1.82, 2.24) is 4.90 Å². The van der Waals surface area contributed by atoms with E-state index in [2.05, 4.69) is 19.7 Å². The fourth-order valence-electron chi connectivity index (χ4n) is 1.10. The zero-order valence-corrected chi connectivity index (χ0v) is 9.45. The van der Waals surface area contributed by atoms with Gasteiger partial charge < -0.3 is 4.90 Å². The summed E-state index contributed by atoms with van der Waals surface area (Å²) < 4.78 is 12.6. The molecule has 16 heavy (non-hydrogen) atoms. The first-order valence-corrected chi connectivity index (χ1v) is 4.75. The van der Waals surface area contributed by atoms with Gasteiger partial charge in [-0.05, 0) is 23.8 Å². The Morgan fingerprint density at radius 3 is 2.31 bits per heavy atom. The van der Waals surface area contributed by atoms with Gasteiger partial charge in [-0.3, -0.25) is 4.79 Å². The van der Waals surface area contributed by atoms with Crippen LogP contribution < -0.4 is 0 Å². The molecule has 0 atom stereocenters. The molecular formula is C13H16FNO. The standard InChI is InChI=1S/C11H12FNO.C2H4/c1-3-11(14)13(2)8-9-4-6-10(12)7-5-9;1-2/h3-7H,1,8H2,2H3;1-2H2. The number of rotatable bonds is 3. The van der Waals surface area contributed by atoms with Crippen LogP contribution in [0, 0.1) is 5.82 Å². The molecule has 0 aliphatic carbocycles. The summed E-state index contributed by atoms with van der Waals surface area (Å²) in [5.41, 5.74) is 0.893. The summed E-state index contributed by atoms with van der Waals surface area (Å²) in [6, 6.07) is 6.06. The smallest absolute Gasteiger partial charge is 0.245 e. The molecule has 1 aromatic carbocycles. The average molecular weight is 221 g/mol. The van der Waals surface area contributed by atoms with Crippen molar-refractivity contribution < 1.29 is 9.18 Å². The lowest BCUT2D eigenvalue weighted by Gasteiger charge is -2.14. The molecule has 0 radical (unpaired) electrons. The maximum absolute atomic E-state index is 12.6. The molecule has 0 fully saturated rings. The van der Waals surface area contributed by atoms with Gasteiger partial charge >= 0.3 is 0 Å².